The third-order valence-corrected chi connectivity index (χ3v) is 18.8. The molecule has 10 atom stereocenters. The predicted molar refractivity (Wildman–Crippen MR) is 210 cm³/mol. The van der Waals surface area contributed by atoms with Crippen LogP contribution in [0.15, 0.2) is 23.3 Å². The topological polar surface area (TPSA) is 89.9 Å². The van der Waals surface area contributed by atoms with Crippen LogP contribution in [0.3, 0.4) is 0 Å². The number of alkyl halides is 1. The number of aliphatic hydroxyl groups is 1. The van der Waals surface area contributed by atoms with Crippen LogP contribution >= 0.6 is 0 Å². The lowest BCUT2D eigenvalue weighted by Crippen LogP contribution is -2.68. The zero-order valence-corrected chi connectivity index (χ0v) is 34.6. The Morgan fingerprint density at radius 2 is 1.60 bits per heavy atom. The molecule has 1 saturated heterocycles. The van der Waals surface area contributed by atoms with Gasteiger partial charge in [-0.3, -0.25) is 9.59 Å². The van der Waals surface area contributed by atoms with E-state index in [4.69, 9.17) is 0 Å². The van der Waals surface area contributed by atoms with E-state index in [1.807, 2.05) is 4.90 Å². The summed E-state index contributed by atoms with van der Waals surface area (Å²) < 4.78 is 14.0. The van der Waals surface area contributed by atoms with Gasteiger partial charge in [0.2, 0.25) is 5.91 Å². The first-order valence-corrected chi connectivity index (χ1v) is 21.7. The van der Waals surface area contributed by atoms with E-state index in [9.17, 15) is 24.2 Å². The van der Waals surface area contributed by atoms with Crippen LogP contribution in [0.2, 0.25) is 0 Å². The molecule has 0 aromatic heterocycles. The summed E-state index contributed by atoms with van der Waals surface area (Å²) in [7, 11) is 0. The van der Waals surface area contributed by atoms with Crippen molar-refractivity contribution in [2.75, 3.05) is 26.3 Å². The van der Waals surface area contributed by atoms with Crippen LogP contribution in [0.25, 0.3) is 0 Å². The lowest BCUT2D eigenvalue weighted by Gasteiger charge is -2.72. The summed E-state index contributed by atoms with van der Waals surface area (Å²) in [5.74, 6) is 3.08. The van der Waals surface area contributed by atoms with E-state index in [0.717, 1.165) is 25.3 Å². The van der Waals surface area contributed by atoms with E-state index in [1.165, 1.54) is 62.5 Å². The Morgan fingerprint density at radius 1 is 0.887 bits per heavy atom. The number of aliphatic carboxylic acids is 1. The number of nitrogens with one attached hydrogen (secondary N) is 1. The Bertz CT molecular complexity index is 1510. The molecule has 1 heterocycles. The SMILES string of the molecule is CC(=O)N1CCC(O)(CCN[C@]23CC[C@@H](C(C)C)[C@@H]2[C@H]2CC[C@@H]4[C@@]5(C)CC=C(C6=CC[C@](CF)(C(=O)O)CC6)C(C)(C)[C@@H]5CC[C@@]4(C)[C@]2(C)CC3)CC1. The third-order valence-electron chi connectivity index (χ3n) is 18.8. The second kappa shape index (κ2) is 13.4. The largest absolute Gasteiger partial charge is 0.481 e. The quantitative estimate of drug-likeness (QED) is 0.231. The Labute approximate surface area is 320 Å². The molecule has 6 aliphatic carbocycles. The molecule has 5 fully saturated rings. The van der Waals surface area contributed by atoms with Gasteiger partial charge in [-0.15, -0.1) is 0 Å². The van der Waals surface area contributed by atoms with E-state index in [0.29, 0.717) is 74.8 Å². The van der Waals surface area contributed by atoms with Gasteiger partial charge in [0.1, 0.15) is 6.67 Å². The highest BCUT2D eigenvalue weighted by Gasteiger charge is 2.70. The lowest BCUT2D eigenvalue weighted by atomic mass is 9.32. The monoisotopic (exact) mass is 737 g/mol. The Hall–Kier alpha value is -1.73. The molecule has 7 aliphatic rings. The second-order valence-electron chi connectivity index (χ2n) is 21.4. The summed E-state index contributed by atoms with van der Waals surface area (Å²) >= 11 is 0. The minimum atomic E-state index is -1.25. The number of carbonyl (C=O) groups excluding carboxylic acids is 1. The first kappa shape index (κ1) is 39.5. The number of carboxylic acids is 1. The lowest BCUT2D eigenvalue weighted by molar-refractivity contribution is -0.223. The van der Waals surface area contributed by atoms with Crippen LogP contribution < -0.4 is 5.32 Å². The van der Waals surface area contributed by atoms with E-state index in [-0.39, 0.29) is 33.1 Å². The molecular formula is C46H73FN2O4. The summed E-state index contributed by atoms with van der Waals surface area (Å²) in [6.07, 6.45) is 19.3. The molecule has 298 valence electrons. The van der Waals surface area contributed by atoms with Gasteiger partial charge in [-0.2, -0.15) is 0 Å². The first-order chi connectivity index (χ1) is 24.8. The Kier molecular flexibility index (Phi) is 10.0. The summed E-state index contributed by atoms with van der Waals surface area (Å²) in [5, 5.41) is 25.6. The molecule has 0 bridgehead atoms. The highest BCUT2D eigenvalue weighted by atomic mass is 19.1. The van der Waals surface area contributed by atoms with E-state index in [2.05, 4.69) is 65.9 Å². The van der Waals surface area contributed by atoms with Gasteiger partial charge in [0.05, 0.1) is 11.0 Å². The number of nitrogens with zero attached hydrogens (tertiary/aromatic N) is 1. The highest BCUT2D eigenvalue weighted by molar-refractivity contribution is 5.75. The molecule has 0 radical (unpaired) electrons. The maximum Gasteiger partial charge on any atom is 0.312 e. The van der Waals surface area contributed by atoms with Crippen LogP contribution in [0.1, 0.15) is 152 Å². The van der Waals surface area contributed by atoms with Crippen LogP contribution in [0.5, 0.6) is 0 Å². The number of carbonyl (C=O) groups is 2. The number of allylic oxidation sites excluding steroid dienone is 4. The fraction of sp³-hybridized carbons (Fsp3) is 0.870. The number of halogens is 1. The van der Waals surface area contributed by atoms with E-state index < -0.39 is 23.7 Å². The van der Waals surface area contributed by atoms with Gasteiger partial charge < -0.3 is 20.4 Å². The van der Waals surface area contributed by atoms with E-state index in [1.54, 1.807) is 6.92 Å². The highest BCUT2D eigenvalue weighted by Crippen LogP contribution is 2.76. The smallest absolute Gasteiger partial charge is 0.312 e. The fourth-order valence-corrected chi connectivity index (χ4v) is 15.4. The predicted octanol–water partition coefficient (Wildman–Crippen LogP) is 9.52. The van der Waals surface area contributed by atoms with Crippen molar-refractivity contribution >= 4 is 11.9 Å². The van der Waals surface area contributed by atoms with Gasteiger partial charge in [-0.25, -0.2) is 4.39 Å². The first-order valence-electron chi connectivity index (χ1n) is 21.7. The number of hydrogen-bond acceptors (Lipinski definition) is 4. The van der Waals surface area contributed by atoms with Crippen LogP contribution in [0, 0.1) is 62.6 Å². The van der Waals surface area contributed by atoms with Gasteiger partial charge in [-0.05, 0) is 171 Å². The number of likely N-dealkylation sites (tertiary alicyclic amines) is 1. The van der Waals surface area contributed by atoms with Gasteiger partial charge in [0.25, 0.3) is 0 Å². The normalized spacial score (nSPS) is 44.6. The van der Waals surface area contributed by atoms with Gasteiger partial charge in [0.15, 0.2) is 0 Å². The van der Waals surface area contributed by atoms with Crippen LogP contribution in [0.4, 0.5) is 4.39 Å². The van der Waals surface area contributed by atoms with Gasteiger partial charge in [-0.1, -0.05) is 60.6 Å². The zero-order valence-electron chi connectivity index (χ0n) is 34.6. The molecule has 1 amide bonds. The second-order valence-corrected chi connectivity index (χ2v) is 21.4. The van der Waals surface area contributed by atoms with Crippen molar-refractivity contribution in [3.05, 3.63) is 23.3 Å². The molecule has 0 aromatic rings. The molecule has 0 unspecified atom stereocenters. The Morgan fingerprint density at radius 3 is 2.21 bits per heavy atom. The van der Waals surface area contributed by atoms with Gasteiger partial charge in [0, 0.05) is 25.6 Å². The third kappa shape index (κ3) is 5.95. The molecule has 7 rings (SSSR count). The average Bonchev–Trinajstić information content (AvgIpc) is 3.48. The standard InChI is InChI=1S/C46H73FN2O4/c1-30(2)33-13-20-46(48-26-23-45(53)24-27-49(28-25-45)31(3)50)22-21-42(7)35(38(33)46)9-10-37-41(6)16-14-34(40(4,5)36(41)15-17-43(37,42)8)32-11-18-44(29-47,19-12-32)39(51)52/h11,14,30,33,35-38,48,53H,9-10,12-13,15-29H2,1-8H3,(H,51,52)/t33-,35+,36-,37+,38+,41-,42+,43+,44-,46-/m0/s1. The van der Waals surface area contributed by atoms with Crippen molar-refractivity contribution < 1.29 is 24.2 Å². The van der Waals surface area contributed by atoms with Crippen molar-refractivity contribution in [3.63, 3.8) is 0 Å². The molecule has 6 nitrogen and oxygen atoms in total. The zero-order chi connectivity index (χ0) is 38.4. The number of carboxylic acid groups (broad SMARTS) is 1. The minimum absolute atomic E-state index is 0.0105. The number of piperidine rings is 1. The summed E-state index contributed by atoms with van der Waals surface area (Å²) in [4.78, 5) is 25.8. The molecular weight excluding hydrogens is 664 g/mol. The fourth-order valence-electron chi connectivity index (χ4n) is 15.4. The van der Waals surface area contributed by atoms with Crippen LogP contribution in [-0.4, -0.2) is 64.4 Å². The minimum Gasteiger partial charge on any atom is -0.481 e. The maximum atomic E-state index is 14.0. The van der Waals surface area contributed by atoms with E-state index >= 15 is 0 Å². The molecule has 7 heteroatoms. The molecule has 53 heavy (non-hydrogen) atoms. The maximum absolute atomic E-state index is 14.0. The number of hydrogen-bond donors (Lipinski definition) is 3. The summed E-state index contributed by atoms with van der Waals surface area (Å²) in [5.41, 5.74) is 1.65. The van der Waals surface area contributed by atoms with Gasteiger partial charge >= 0.3 is 5.97 Å². The average molecular weight is 737 g/mol. The van der Waals surface area contributed by atoms with Crippen molar-refractivity contribution in [1.29, 1.82) is 0 Å². The molecule has 0 spiro atoms. The van der Waals surface area contributed by atoms with Crippen molar-refractivity contribution in [2.24, 2.45) is 62.6 Å². The molecule has 1 aliphatic heterocycles. The van der Waals surface area contributed by atoms with Crippen LogP contribution in [-0.2, 0) is 9.59 Å². The molecule has 3 N–H and O–H groups in total. The number of rotatable bonds is 8. The summed E-state index contributed by atoms with van der Waals surface area (Å²) in [6, 6.07) is 0. The molecule has 4 saturated carbocycles. The van der Waals surface area contributed by atoms with Crippen molar-refractivity contribution in [1.82, 2.24) is 10.2 Å². The molecule has 0 aromatic carbocycles. The summed E-state index contributed by atoms with van der Waals surface area (Å²) in [6.45, 7) is 20.9. The number of fused-ring (bicyclic) bond motifs is 7. The van der Waals surface area contributed by atoms with Crippen molar-refractivity contribution in [3.8, 4) is 0 Å². The van der Waals surface area contributed by atoms with Crippen molar-refractivity contribution in [2.45, 2.75) is 163 Å². The number of amides is 1. The Balaban J connectivity index is 1.12.